The van der Waals surface area contributed by atoms with Gasteiger partial charge in [-0.2, -0.15) is 0 Å². The largest absolute Gasteiger partial charge is 0.274 e. The van der Waals surface area contributed by atoms with Crippen LogP contribution in [0, 0.1) is 0 Å². The molecule has 2 heteroatoms. The lowest BCUT2D eigenvalue weighted by atomic mass is 10.2. The number of hydrogen-bond acceptors (Lipinski definition) is 1. The molecule has 2 nitrogen and oxygen atoms in total. The van der Waals surface area contributed by atoms with E-state index in [2.05, 4.69) is 23.8 Å². The lowest BCUT2D eigenvalue weighted by Crippen LogP contribution is -1.95. The van der Waals surface area contributed by atoms with Gasteiger partial charge in [0.2, 0.25) is 0 Å². The van der Waals surface area contributed by atoms with Gasteiger partial charge in [-0.15, -0.1) is 0 Å². The molecular weight excluding hydrogens is 136 g/mol. The van der Waals surface area contributed by atoms with Gasteiger partial charge in [-0.1, -0.05) is 13.3 Å². The van der Waals surface area contributed by atoms with Crippen molar-refractivity contribution in [1.29, 1.82) is 0 Å². The second-order valence-electron chi connectivity index (χ2n) is 2.72. The summed E-state index contributed by atoms with van der Waals surface area (Å²) in [6, 6.07) is 0. The zero-order valence-corrected chi connectivity index (χ0v) is 8.02. The minimum Gasteiger partial charge on any atom is -0.274 e. The Hall–Kier alpha value is -0.660. The number of unbranched alkanes of at least 4 members (excludes halogenated alkanes) is 1. The Morgan fingerprint density at radius 2 is 1.91 bits per heavy atom. The van der Waals surface area contributed by atoms with E-state index in [-0.39, 0.29) is 0 Å². The van der Waals surface area contributed by atoms with Crippen LogP contribution in [0.2, 0.25) is 0 Å². The van der Waals surface area contributed by atoms with Gasteiger partial charge in [0.1, 0.15) is 5.84 Å². The quantitative estimate of drug-likeness (QED) is 0.441. The van der Waals surface area contributed by atoms with Crippen molar-refractivity contribution >= 4 is 11.5 Å². The number of rotatable bonds is 3. The molecule has 0 bridgehead atoms. The number of aliphatic imine (C=N–C) groups is 2. The van der Waals surface area contributed by atoms with Crippen LogP contribution in [0.3, 0.4) is 0 Å². The van der Waals surface area contributed by atoms with Crippen molar-refractivity contribution in [3.8, 4) is 0 Å². The summed E-state index contributed by atoms with van der Waals surface area (Å²) < 4.78 is 0. The monoisotopic (exact) mass is 154 g/mol. The fourth-order valence-corrected chi connectivity index (χ4v) is 0.815. The molecule has 0 fully saturated rings. The Morgan fingerprint density at radius 1 is 1.27 bits per heavy atom. The molecule has 0 aliphatic rings. The molecule has 64 valence electrons. The Bertz CT molecular complexity index is 157. The van der Waals surface area contributed by atoms with Crippen LogP contribution in [-0.2, 0) is 0 Å². The molecule has 0 rings (SSSR count). The highest BCUT2D eigenvalue weighted by Gasteiger charge is 1.90. The molecule has 0 aromatic rings. The van der Waals surface area contributed by atoms with Crippen molar-refractivity contribution in [2.24, 2.45) is 9.98 Å². The molecule has 0 N–H and O–H groups in total. The maximum Gasteiger partial charge on any atom is 0.119 e. The smallest absolute Gasteiger partial charge is 0.119 e. The van der Waals surface area contributed by atoms with E-state index >= 15 is 0 Å². The SMILES string of the molecule is CCCCC(C)=NC(C)=NC. The van der Waals surface area contributed by atoms with E-state index in [9.17, 15) is 0 Å². The van der Waals surface area contributed by atoms with Gasteiger partial charge >= 0.3 is 0 Å². The molecule has 0 aromatic carbocycles. The van der Waals surface area contributed by atoms with Crippen LogP contribution in [0.4, 0.5) is 0 Å². The second-order valence-corrected chi connectivity index (χ2v) is 2.72. The van der Waals surface area contributed by atoms with E-state index in [4.69, 9.17) is 0 Å². The first kappa shape index (κ1) is 10.3. The predicted octanol–water partition coefficient (Wildman–Crippen LogP) is 2.69. The van der Waals surface area contributed by atoms with Crippen LogP contribution in [0.25, 0.3) is 0 Å². The molecule has 0 heterocycles. The summed E-state index contributed by atoms with van der Waals surface area (Å²) in [5, 5.41) is 0. The summed E-state index contributed by atoms with van der Waals surface area (Å²) in [4.78, 5) is 8.27. The molecule has 0 unspecified atom stereocenters. The Kier molecular flexibility index (Phi) is 5.71. The van der Waals surface area contributed by atoms with Crippen LogP contribution < -0.4 is 0 Å². The van der Waals surface area contributed by atoms with E-state index in [1.165, 1.54) is 18.6 Å². The molecular formula is C9H18N2. The average Bonchev–Trinajstić information content (AvgIpc) is 2.00. The third-order valence-corrected chi connectivity index (χ3v) is 1.57. The van der Waals surface area contributed by atoms with Crippen LogP contribution in [0.15, 0.2) is 9.98 Å². The van der Waals surface area contributed by atoms with Gasteiger partial charge in [-0.05, 0) is 26.7 Å². The van der Waals surface area contributed by atoms with Gasteiger partial charge in [-0.25, -0.2) is 4.99 Å². The van der Waals surface area contributed by atoms with Gasteiger partial charge in [0.05, 0.1) is 0 Å². The first-order chi connectivity index (χ1) is 5.20. The van der Waals surface area contributed by atoms with E-state index in [0.717, 1.165) is 12.3 Å². The predicted molar refractivity (Wildman–Crippen MR) is 51.7 cm³/mol. The van der Waals surface area contributed by atoms with Crippen molar-refractivity contribution in [2.45, 2.75) is 40.0 Å². The highest BCUT2D eigenvalue weighted by atomic mass is 14.9. The van der Waals surface area contributed by atoms with Crippen LogP contribution >= 0.6 is 0 Å². The fourth-order valence-electron chi connectivity index (χ4n) is 0.815. The van der Waals surface area contributed by atoms with Gasteiger partial charge < -0.3 is 0 Å². The molecule has 0 aliphatic heterocycles. The highest BCUT2D eigenvalue weighted by Crippen LogP contribution is 1.97. The van der Waals surface area contributed by atoms with Crippen molar-refractivity contribution in [3.05, 3.63) is 0 Å². The highest BCUT2D eigenvalue weighted by molar-refractivity contribution is 5.95. The molecule has 0 atom stereocenters. The van der Waals surface area contributed by atoms with Crippen molar-refractivity contribution in [3.63, 3.8) is 0 Å². The molecule has 0 saturated heterocycles. The summed E-state index contributed by atoms with van der Waals surface area (Å²) >= 11 is 0. The summed E-state index contributed by atoms with van der Waals surface area (Å²) in [5.74, 6) is 0.874. The second kappa shape index (κ2) is 6.08. The molecule has 0 aromatic heterocycles. The Balaban J connectivity index is 3.80. The van der Waals surface area contributed by atoms with E-state index in [0.29, 0.717) is 0 Å². The summed E-state index contributed by atoms with van der Waals surface area (Å²) in [6.07, 6.45) is 3.56. The van der Waals surface area contributed by atoms with Crippen molar-refractivity contribution in [2.75, 3.05) is 7.05 Å². The zero-order valence-electron chi connectivity index (χ0n) is 8.02. The first-order valence-corrected chi connectivity index (χ1v) is 4.18. The standard InChI is InChI=1S/C9H18N2/c1-5-6-7-8(2)11-9(3)10-4/h5-7H2,1-4H3. The summed E-state index contributed by atoms with van der Waals surface area (Å²) in [7, 11) is 1.77. The lowest BCUT2D eigenvalue weighted by Gasteiger charge is -1.97. The molecule has 0 aliphatic carbocycles. The molecule has 0 saturated carbocycles. The normalized spacial score (nSPS) is 13.8. The molecule has 0 spiro atoms. The molecule has 11 heavy (non-hydrogen) atoms. The fraction of sp³-hybridized carbons (Fsp3) is 0.778. The maximum absolute atomic E-state index is 4.30. The average molecular weight is 154 g/mol. The van der Waals surface area contributed by atoms with Gasteiger partial charge in [-0.3, -0.25) is 4.99 Å². The third-order valence-electron chi connectivity index (χ3n) is 1.57. The van der Waals surface area contributed by atoms with Gasteiger partial charge in [0.15, 0.2) is 0 Å². The van der Waals surface area contributed by atoms with Crippen LogP contribution in [0.5, 0.6) is 0 Å². The Labute approximate surface area is 69.4 Å². The Morgan fingerprint density at radius 3 is 2.36 bits per heavy atom. The number of hydrogen-bond donors (Lipinski definition) is 0. The van der Waals surface area contributed by atoms with E-state index in [1.54, 1.807) is 7.05 Å². The van der Waals surface area contributed by atoms with Crippen molar-refractivity contribution in [1.82, 2.24) is 0 Å². The number of nitrogens with zero attached hydrogens (tertiary/aromatic N) is 2. The molecule has 0 amide bonds. The lowest BCUT2D eigenvalue weighted by molar-refractivity contribution is 0.833. The van der Waals surface area contributed by atoms with Crippen molar-refractivity contribution < 1.29 is 0 Å². The van der Waals surface area contributed by atoms with Gasteiger partial charge in [0, 0.05) is 12.8 Å². The summed E-state index contributed by atoms with van der Waals surface area (Å²) in [5.41, 5.74) is 1.19. The summed E-state index contributed by atoms with van der Waals surface area (Å²) in [6.45, 7) is 6.17. The molecule has 0 radical (unpaired) electrons. The third kappa shape index (κ3) is 5.77. The first-order valence-electron chi connectivity index (χ1n) is 4.18. The topological polar surface area (TPSA) is 24.7 Å². The zero-order chi connectivity index (χ0) is 8.69. The van der Waals surface area contributed by atoms with Crippen LogP contribution in [-0.4, -0.2) is 18.6 Å². The minimum atomic E-state index is 0.874. The maximum atomic E-state index is 4.30. The van der Waals surface area contributed by atoms with E-state index in [1.807, 2.05) is 6.92 Å². The van der Waals surface area contributed by atoms with E-state index < -0.39 is 0 Å². The van der Waals surface area contributed by atoms with Gasteiger partial charge in [0.25, 0.3) is 0 Å². The van der Waals surface area contributed by atoms with Crippen LogP contribution in [0.1, 0.15) is 40.0 Å². The minimum absolute atomic E-state index is 0.874. The number of amidine groups is 1.